The standard InChI is InChI=1S/C27H31ClF6N2O2/c1-24-10-9-16-14(4-8-21-25(16,2)20(28)12-22(37)36-21)15(24)6-7-18(24)23(38)35-19-11-13(26(29,30)31)3-5-17(19)27(32,33)34/h3,5,11,14-16,18,20-21H,4,6-10,12H2,1-2H3,(H,35,38)(H,36,37)/t14-,15-,16-,18+,20?,21+,24-,25-/m1/s1. The average Bonchev–Trinajstić information content (AvgIpc) is 3.16. The predicted molar refractivity (Wildman–Crippen MR) is 129 cm³/mol. The highest BCUT2D eigenvalue weighted by Crippen LogP contribution is 2.66. The van der Waals surface area contributed by atoms with Crippen molar-refractivity contribution < 1.29 is 35.9 Å². The Bertz CT molecular complexity index is 1140. The summed E-state index contributed by atoms with van der Waals surface area (Å²) in [4.78, 5) is 25.5. The van der Waals surface area contributed by atoms with Gasteiger partial charge in [-0.3, -0.25) is 9.59 Å². The Balaban J connectivity index is 1.40. The van der Waals surface area contributed by atoms with Crippen molar-refractivity contribution in [2.24, 2.45) is 34.5 Å². The first-order chi connectivity index (χ1) is 17.6. The zero-order chi connectivity index (χ0) is 27.8. The Morgan fingerprint density at radius 1 is 1.00 bits per heavy atom. The lowest BCUT2D eigenvalue weighted by Crippen LogP contribution is -2.65. The van der Waals surface area contributed by atoms with Gasteiger partial charge >= 0.3 is 12.4 Å². The quantitative estimate of drug-likeness (QED) is 0.300. The molecule has 4 fully saturated rings. The summed E-state index contributed by atoms with van der Waals surface area (Å²) in [6.45, 7) is 4.14. The molecule has 2 N–H and O–H groups in total. The van der Waals surface area contributed by atoms with E-state index in [9.17, 15) is 35.9 Å². The summed E-state index contributed by atoms with van der Waals surface area (Å²) in [5.74, 6) is -0.699. The molecule has 4 nitrogen and oxygen atoms in total. The molecule has 1 heterocycles. The van der Waals surface area contributed by atoms with Crippen molar-refractivity contribution >= 4 is 29.1 Å². The molecule has 0 aromatic heterocycles. The zero-order valence-corrected chi connectivity index (χ0v) is 21.9. The number of anilines is 1. The molecule has 38 heavy (non-hydrogen) atoms. The molecule has 3 aliphatic carbocycles. The van der Waals surface area contributed by atoms with Crippen molar-refractivity contribution in [3.05, 3.63) is 29.3 Å². The van der Waals surface area contributed by atoms with Crippen molar-refractivity contribution in [1.29, 1.82) is 0 Å². The van der Waals surface area contributed by atoms with Crippen molar-refractivity contribution in [2.75, 3.05) is 5.32 Å². The minimum Gasteiger partial charge on any atom is -0.353 e. The number of rotatable bonds is 2. The molecule has 4 aliphatic rings. The fourth-order valence-electron chi connectivity index (χ4n) is 8.43. The van der Waals surface area contributed by atoms with Gasteiger partial charge in [0, 0.05) is 29.2 Å². The van der Waals surface area contributed by atoms with Gasteiger partial charge in [0.2, 0.25) is 11.8 Å². The third kappa shape index (κ3) is 4.29. The van der Waals surface area contributed by atoms with Crippen LogP contribution in [-0.4, -0.2) is 23.2 Å². The van der Waals surface area contributed by atoms with Crippen molar-refractivity contribution in [1.82, 2.24) is 5.32 Å². The summed E-state index contributed by atoms with van der Waals surface area (Å²) < 4.78 is 80.5. The van der Waals surface area contributed by atoms with Crippen molar-refractivity contribution in [3.63, 3.8) is 0 Å². The van der Waals surface area contributed by atoms with Gasteiger partial charge in [-0.15, -0.1) is 11.6 Å². The van der Waals surface area contributed by atoms with E-state index >= 15 is 0 Å². The number of alkyl halides is 7. The average molecular weight is 565 g/mol. The number of carbonyl (C=O) groups excluding carboxylic acids is 2. The van der Waals surface area contributed by atoms with Gasteiger partial charge in [0.05, 0.1) is 16.8 Å². The number of benzene rings is 1. The Morgan fingerprint density at radius 3 is 2.37 bits per heavy atom. The molecule has 1 unspecified atom stereocenters. The van der Waals surface area contributed by atoms with Crippen LogP contribution in [0.3, 0.4) is 0 Å². The molecule has 1 aromatic rings. The van der Waals surface area contributed by atoms with Gasteiger partial charge in [0.25, 0.3) is 0 Å². The maximum Gasteiger partial charge on any atom is 0.418 e. The Kier molecular flexibility index (Phi) is 6.56. The number of fused-ring (bicyclic) bond motifs is 5. The minimum atomic E-state index is -4.92. The van der Waals surface area contributed by atoms with E-state index in [0.29, 0.717) is 37.5 Å². The summed E-state index contributed by atoms with van der Waals surface area (Å²) in [7, 11) is 0. The fourth-order valence-corrected chi connectivity index (χ4v) is 8.88. The number of carbonyl (C=O) groups is 2. The van der Waals surface area contributed by atoms with Crippen LogP contribution in [0.15, 0.2) is 18.2 Å². The van der Waals surface area contributed by atoms with Crippen LogP contribution < -0.4 is 10.6 Å². The highest BCUT2D eigenvalue weighted by atomic mass is 35.5. The lowest BCUT2D eigenvalue weighted by Gasteiger charge is -2.61. The maximum absolute atomic E-state index is 13.6. The molecule has 1 aromatic carbocycles. The van der Waals surface area contributed by atoms with Gasteiger partial charge in [0.1, 0.15) is 0 Å². The lowest BCUT2D eigenvalue weighted by atomic mass is 9.47. The van der Waals surface area contributed by atoms with Gasteiger partial charge in [0.15, 0.2) is 0 Å². The molecule has 3 saturated carbocycles. The summed E-state index contributed by atoms with van der Waals surface area (Å²) in [6.07, 6.45) is -5.29. The highest BCUT2D eigenvalue weighted by molar-refractivity contribution is 6.22. The molecule has 0 spiro atoms. The van der Waals surface area contributed by atoms with E-state index in [2.05, 4.69) is 17.6 Å². The maximum atomic E-state index is 13.6. The fraction of sp³-hybridized carbons (Fsp3) is 0.704. The summed E-state index contributed by atoms with van der Waals surface area (Å²) in [5, 5.41) is 5.05. The van der Waals surface area contributed by atoms with Crippen LogP contribution in [0.1, 0.15) is 69.9 Å². The first-order valence-corrected chi connectivity index (χ1v) is 13.5. The Labute approximate surface area is 222 Å². The van der Waals surface area contributed by atoms with E-state index in [4.69, 9.17) is 11.6 Å². The van der Waals surface area contributed by atoms with Gasteiger partial charge in [-0.25, -0.2) is 0 Å². The lowest BCUT2D eigenvalue weighted by molar-refractivity contribution is -0.141. The largest absolute Gasteiger partial charge is 0.418 e. The normalized spacial score (nSPS) is 39.0. The summed E-state index contributed by atoms with van der Waals surface area (Å²) in [6, 6.07) is 1.10. The minimum absolute atomic E-state index is 0.0148. The third-order valence-electron chi connectivity index (χ3n) is 10.4. The van der Waals surface area contributed by atoms with E-state index in [1.54, 1.807) is 0 Å². The van der Waals surface area contributed by atoms with Gasteiger partial charge in [-0.1, -0.05) is 13.8 Å². The number of piperidine rings is 1. The molecule has 11 heteroatoms. The van der Waals surface area contributed by atoms with Crippen LogP contribution in [0.4, 0.5) is 32.0 Å². The van der Waals surface area contributed by atoms with Crippen LogP contribution >= 0.6 is 11.6 Å². The SMILES string of the molecule is C[C@@]12CC[C@@H]3[C@H](CC[C@@H]4NC(=O)CC(Cl)[C@]43C)[C@H]1CC[C@H]2C(=O)Nc1cc(C(F)(F)F)ccc1C(F)(F)F. The number of hydrogen-bond donors (Lipinski definition) is 2. The first-order valence-electron chi connectivity index (χ1n) is 13.1. The van der Waals surface area contributed by atoms with Crippen LogP contribution in [0.2, 0.25) is 0 Å². The van der Waals surface area contributed by atoms with E-state index in [0.717, 1.165) is 19.3 Å². The summed E-state index contributed by atoms with van der Waals surface area (Å²) >= 11 is 6.79. The van der Waals surface area contributed by atoms with Crippen molar-refractivity contribution in [2.45, 2.75) is 82.6 Å². The van der Waals surface area contributed by atoms with Crippen LogP contribution in [0, 0.1) is 34.5 Å². The second-order valence-corrected chi connectivity index (χ2v) is 12.6. The second-order valence-electron chi connectivity index (χ2n) is 12.0. The first kappa shape index (κ1) is 27.6. The van der Waals surface area contributed by atoms with E-state index in [1.807, 2.05) is 6.92 Å². The van der Waals surface area contributed by atoms with E-state index in [1.165, 1.54) is 0 Å². The van der Waals surface area contributed by atoms with Crippen LogP contribution in [-0.2, 0) is 21.9 Å². The molecular formula is C27H31ClF6N2O2. The van der Waals surface area contributed by atoms with Gasteiger partial charge in [-0.05, 0) is 79.9 Å². The topological polar surface area (TPSA) is 58.2 Å². The molecular weight excluding hydrogens is 534 g/mol. The van der Waals surface area contributed by atoms with Gasteiger partial charge < -0.3 is 10.6 Å². The van der Waals surface area contributed by atoms with Crippen LogP contribution in [0.5, 0.6) is 0 Å². The van der Waals surface area contributed by atoms with E-state index in [-0.39, 0.29) is 46.9 Å². The number of nitrogens with one attached hydrogen (secondary N) is 2. The molecule has 0 radical (unpaired) electrons. The number of halogens is 7. The number of hydrogen-bond acceptors (Lipinski definition) is 2. The summed E-state index contributed by atoms with van der Waals surface area (Å²) in [5.41, 5.74) is -4.21. The highest BCUT2D eigenvalue weighted by Gasteiger charge is 2.63. The van der Waals surface area contributed by atoms with E-state index < -0.39 is 46.4 Å². The van der Waals surface area contributed by atoms with Crippen molar-refractivity contribution in [3.8, 4) is 0 Å². The molecule has 1 aliphatic heterocycles. The van der Waals surface area contributed by atoms with Crippen LogP contribution in [0.25, 0.3) is 0 Å². The molecule has 210 valence electrons. The smallest absolute Gasteiger partial charge is 0.353 e. The monoisotopic (exact) mass is 564 g/mol. The zero-order valence-electron chi connectivity index (χ0n) is 21.1. The molecule has 5 rings (SSSR count). The molecule has 0 bridgehead atoms. The molecule has 1 saturated heterocycles. The second kappa shape index (κ2) is 9.03. The Morgan fingerprint density at radius 2 is 1.71 bits per heavy atom. The van der Waals surface area contributed by atoms with Gasteiger partial charge in [-0.2, -0.15) is 26.3 Å². The number of amides is 2. The molecule has 8 atom stereocenters. The third-order valence-corrected chi connectivity index (χ3v) is 11.0. The molecule has 2 amide bonds. The Hall–Kier alpha value is -1.97. The predicted octanol–water partition coefficient (Wildman–Crippen LogP) is 7.02.